The van der Waals surface area contributed by atoms with Crippen molar-refractivity contribution in [3.8, 4) is 0 Å². The molecule has 88 valence electrons. The van der Waals surface area contributed by atoms with E-state index < -0.39 is 17.7 Å². The van der Waals surface area contributed by atoms with Gasteiger partial charge >= 0.3 is 5.97 Å². The van der Waals surface area contributed by atoms with E-state index in [2.05, 4.69) is 0 Å². The van der Waals surface area contributed by atoms with Crippen LogP contribution in [0.1, 0.15) is 32.4 Å². The van der Waals surface area contributed by atoms with Crippen LogP contribution in [0.5, 0.6) is 0 Å². The number of ether oxygens (including phenoxy) is 1. The molecule has 0 aromatic heterocycles. The average Bonchev–Trinajstić information content (AvgIpc) is 2.15. The normalized spacial score (nSPS) is 13.2. The quantitative estimate of drug-likeness (QED) is 0.590. The summed E-state index contributed by atoms with van der Waals surface area (Å²) in [6.45, 7) is 5.25. The maximum Gasteiger partial charge on any atom is 0.340 e. The first kappa shape index (κ1) is 12.5. The summed E-state index contributed by atoms with van der Waals surface area (Å²) in [5, 5.41) is 9.73. The molecule has 4 heteroatoms. The lowest BCUT2D eigenvalue weighted by Gasteiger charge is -2.21. The number of esters is 1. The zero-order chi connectivity index (χ0) is 12.3. The maximum atomic E-state index is 11.5. The molecule has 0 unspecified atom stereocenters. The van der Waals surface area contributed by atoms with E-state index in [-0.39, 0.29) is 0 Å². The highest BCUT2D eigenvalue weighted by Gasteiger charge is 2.24. The van der Waals surface area contributed by atoms with Gasteiger partial charge in [0.15, 0.2) is 6.10 Å². The van der Waals surface area contributed by atoms with Gasteiger partial charge in [0, 0.05) is 5.69 Å². The highest BCUT2D eigenvalue weighted by molar-refractivity contribution is 5.76. The van der Waals surface area contributed by atoms with E-state index in [1.54, 1.807) is 45.0 Å². The van der Waals surface area contributed by atoms with E-state index in [1.165, 1.54) is 0 Å². The van der Waals surface area contributed by atoms with Crippen LogP contribution in [0.15, 0.2) is 24.3 Å². The number of nitrogens with two attached hydrogens (primary N) is 1. The lowest BCUT2D eigenvalue weighted by molar-refractivity contribution is -0.165. The van der Waals surface area contributed by atoms with Crippen LogP contribution in [-0.4, -0.2) is 16.7 Å². The number of carbonyl (C=O) groups is 1. The molecule has 1 aromatic rings. The predicted octanol–water partition coefficient (Wildman–Crippen LogP) is 1.64. The predicted molar refractivity (Wildman–Crippen MR) is 61.7 cm³/mol. The molecular weight excluding hydrogens is 206 g/mol. The minimum absolute atomic E-state index is 0.475. The van der Waals surface area contributed by atoms with Crippen LogP contribution in [0, 0.1) is 0 Å². The molecule has 0 saturated heterocycles. The molecule has 16 heavy (non-hydrogen) atoms. The van der Waals surface area contributed by atoms with Gasteiger partial charge in [-0.2, -0.15) is 0 Å². The molecule has 0 saturated carbocycles. The second-order valence-electron chi connectivity index (χ2n) is 4.60. The molecule has 0 aliphatic carbocycles. The second-order valence-corrected chi connectivity index (χ2v) is 4.60. The fourth-order valence-electron chi connectivity index (χ4n) is 1.17. The molecule has 0 aliphatic rings. The van der Waals surface area contributed by atoms with Crippen LogP contribution in [0.2, 0.25) is 0 Å². The fourth-order valence-corrected chi connectivity index (χ4v) is 1.17. The molecule has 0 radical (unpaired) electrons. The highest BCUT2D eigenvalue weighted by Crippen LogP contribution is 2.19. The Labute approximate surface area is 95.0 Å². The van der Waals surface area contributed by atoms with Crippen molar-refractivity contribution in [1.29, 1.82) is 0 Å². The lowest BCUT2D eigenvalue weighted by Crippen LogP contribution is -2.27. The lowest BCUT2D eigenvalue weighted by atomic mass is 10.1. The summed E-state index contributed by atoms with van der Waals surface area (Å²) < 4.78 is 5.06. The fraction of sp³-hybridized carbons (Fsp3) is 0.417. The summed E-state index contributed by atoms with van der Waals surface area (Å²) in [5.41, 5.74) is 5.96. The zero-order valence-electron chi connectivity index (χ0n) is 9.73. The van der Waals surface area contributed by atoms with E-state index in [9.17, 15) is 9.90 Å². The van der Waals surface area contributed by atoms with Gasteiger partial charge in [-0.1, -0.05) is 12.1 Å². The van der Waals surface area contributed by atoms with Crippen LogP contribution < -0.4 is 5.73 Å². The Hall–Kier alpha value is -1.55. The topological polar surface area (TPSA) is 72.5 Å². The molecule has 0 aliphatic heterocycles. The molecule has 0 fully saturated rings. The van der Waals surface area contributed by atoms with E-state index >= 15 is 0 Å². The van der Waals surface area contributed by atoms with Gasteiger partial charge < -0.3 is 15.6 Å². The molecule has 0 heterocycles. The summed E-state index contributed by atoms with van der Waals surface area (Å²) in [6.07, 6.45) is -1.26. The van der Waals surface area contributed by atoms with Crippen molar-refractivity contribution in [3.63, 3.8) is 0 Å². The van der Waals surface area contributed by atoms with Crippen LogP contribution in [0.4, 0.5) is 5.69 Å². The van der Waals surface area contributed by atoms with E-state index in [0.29, 0.717) is 11.3 Å². The molecule has 0 bridgehead atoms. The number of benzene rings is 1. The standard InChI is InChI=1S/C12H17NO3/c1-12(2,3)16-11(15)10(14)8-4-6-9(13)7-5-8/h4-7,10,14H,13H2,1-3H3/t10-/m1/s1. The summed E-state index contributed by atoms with van der Waals surface area (Å²) in [6, 6.07) is 6.46. The number of rotatable bonds is 2. The molecule has 3 N–H and O–H groups in total. The number of hydrogen-bond acceptors (Lipinski definition) is 4. The van der Waals surface area contributed by atoms with Gasteiger partial charge in [-0.25, -0.2) is 4.79 Å². The zero-order valence-corrected chi connectivity index (χ0v) is 9.73. The number of aliphatic hydroxyl groups is 1. The van der Waals surface area contributed by atoms with Crippen molar-refractivity contribution < 1.29 is 14.6 Å². The highest BCUT2D eigenvalue weighted by atomic mass is 16.6. The van der Waals surface area contributed by atoms with Crippen molar-refractivity contribution >= 4 is 11.7 Å². The van der Waals surface area contributed by atoms with Crippen molar-refractivity contribution in [2.24, 2.45) is 0 Å². The van der Waals surface area contributed by atoms with Gasteiger partial charge in [0.25, 0.3) is 0 Å². The summed E-state index contributed by atoms with van der Waals surface area (Å²) in [4.78, 5) is 11.5. The summed E-state index contributed by atoms with van der Waals surface area (Å²) in [7, 11) is 0. The smallest absolute Gasteiger partial charge is 0.340 e. The van der Waals surface area contributed by atoms with Crippen LogP contribution in [0.3, 0.4) is 0 Å². The number of aliphatic hydroxyl groups excluding tert-OH is 1. The Morgan fingerprint density at radius 3 is 2.25 bits per heavy atom. The Morgan fingerprint density at radius 1 is 1.31 bits per heavy atom. The number of nitrogen functional groups attached to an aromatic ring is 1. The molecule has 1 atom stereocenters. The monoisotopic (exact) mass is 223 g/mol. The first-order chi connectivity index (χ1) is 7.29. The number of hydrogen-bond donors (Lipinski definition) is 2. The minimum atomic E-state index is -1.26. The Kier molecular flexibility index (Phi) is 3.55. The first-order valence-electron chi connectivity index (χ1n) is 5.06. The number of carbonyl (C=O) groups excluding carboxylic acids is 1. The average molecular weight is 223 g/mol. The third-order valence-electron chi connectivity index (χ3n) is 1.88. The van der Waals surface area contributed by atoms with Gasteiger partial charge in [-0.05, 0) is 38.5 Å². The van der Waals surface area contributed by atoms with Gasteiger partial charge in [0.05, 0.1) is 0 Å². The molecule has 0 spiro atoms. The molecule has 0 amide bonds. The molecule has 4 nitrogen and oxygen atoms in total. The van der Waals surface area contributed by atoms with Crippen molar-refractivity contribution in [3.05, 3.63) is 29.8 Å². The van der Waals surface area contributed by atoms with Gasteiger partial charge in [-0.15, -0.1) is 0 Å². The third kappa shape index (κ3) is 3.55. The summed E-state index contributed by atoms with van der Waals surface area (Å²) in [5.74, 6) is -0.655. The van der Waals surface area contributed by atoms with Gasteiger partial charge in [0.1, 0.15) is 5.60 Å². The van der Waals surface area contributed by atoms with E-state index in [4.69, 9.17) is 10.5 Å². The van der Waals surface area contributed by atoms with Crippen molar-refractivity contribution in [2.75, 3.05) is 5.73 Å². The molecule has 1 rings (SSSR count). The number of anilines is 1. The maximum absolute atomic E-state index is 11.5. The Bertz CT molecular complexity index is 365. The first-order valence-corrected chi connectivity index (χ1v) is 5.06. The van der Waals surface area contributed by atoms with Crippen molar-refractivity contribution in [1.82, 2.24) is 0 Å². The minimum Gasteiger partial charge on any atom is -0.458 e. The molecular formula is C12H17NO3. The van der Waals surface area contributed by atoms with Crippen LogP contribution in [-0.2, 0) is 9.53 Å². The Morgan fingerprint density at radius 2 is 1.81 bits per heavy atom. The molecule has 1 aromatic carbocycles. The third-order valence-corrected chi connectivity index (χ3v) is 1.88. The largest absolute Gasteiger partial charge is 0.458 e. The summed E-state index contributed by atoms with van der Waals surface area (Å²) >= 11 is 0. The van der Waals surface area contributed by atoms with Gasteiger partial charge in [0.2, 0.25) is 0 Å². The van der Waals surface area contributed by atoms with Crippen LogP contribution in [0.25, 0.3) is 0 Å². The van der Waals surface area contributed by atoms with E-state index in [0.717, 1.165) is 0 Å². The van der Waals surface area contributed by atoms with Crippen molar-refractivity contribution in [2.45, 2.75) is 32.5 Å². The van der Waals surface area contributed by atoms with Crippen LogP contribution >= 0.6 is 0 Å². The SMILES string of the molecule is CC(C)(C)OC(=O)[C@H](O)c1ccc(N)cc1. The van der Waals surface area contributed by atoms with Gasteiger partial charge in [-0.3, -0.25) is 0 Å². The Balaban J connectivity index is 2.74. The second kappa shape index (κ2) is 4.53. The van der Waals surface area contributed by atoms with E-state index in [1.807, 2.05) is 0 Å².